The number of rotatable bonds is 7. The maximum Gasteiger partial charge on any atom is 0.255 e. The number of benzene rings is 2. The summed E-state index contributed by atoms with van der Waals surface area (Å²) in [5.74, 6) is 0.391. The lowest BCUT2D eigenvalue weighted by atomic mass is 10.0. The zero-order valence-electron chi connectivity index (χ0n) is 18.1. The van der Waals surface area contributed by atoms with Crippen LogP contribution in [0.4, 0.5) is 5.69 Å². The van der Waals surface area contributed by atoms with Crippen LogP contribution in [0.2, 0.25) is 0 Å². The van der Waals surface area contributed by atoms with Crippen molar-refractivity contribution in [3.63, 3.8) is 0 Å². The van der Waals surface area contributed by atoms with Gasteiger partial charge in [0.1, 0.15) is 16.7 Å². The van der Waals surface area contributed by atoms with Crippen molar-refractivity contribution in [2.75, 3.05) is 19.5 Å². The number of nitrogens with one attached hydrogen (secondary N) is 1. The molecular formula is C25H24N2O4S. The highest BCUT2D eigenvalue weighted by Crippen LogP contribution is 2.43. The number of carbonyl (C=O) groups is 1. The van der Waals surface area contributed by atoms with Crippen LogP contribution in [0.25, 0.3) is 10.2 Å². The summed E-state index contributed by atoms with van der Waals surface area (Å²) in [6, 6.07) is 18.2. The number of pyridine rings is 1. The van der Waals surface area contributed by atoms with Gasteiger partial charge in [0.25, 0.3) is 5.91 Å². The Morgan fingerprint density at radius 3 is 2.50 bits per heavy atom. The molecule has 4 aromatic rings. The molecule has 4 rings (SSSR count). The number of anilines is 1. The lowest BCUT2D eigenvalue weighted by Crippen LogP contribution is -2.14. The summed E-state index contributed by atoms with van der Waals surface area (Å²) in [5, 5.41) is 15.0. The Labute approximate surface area is 190 Å². The summed E-state index contributed by atoms with van der Waals surface area (Å²) < 4.78 is 10.6. The number of amides is 1. The number of aliphatic hydroxyl groups is 1. The molecule has 1 atom stereocenters. The van der Waals surface area contributed by atoms with Gasteiger partial charge in [-0.25, -0.2) is 4.98 Å². The SMILES string of the molecule is COCc1cc(C)nc2sc([C@H](O)c3ccccc3)c(NC(=O)c3ccc(OC)cc3)c12. The van der Waals surface area contributed by atoms with E-state index in [0.717, 1.165) is 27.0 Å². The van der Waals surface area contributed by atoms with Gasteiger partial charge in [-0.3, -0.25) is 4.79 Å². The highest BCUT2D eigenvalue weighted by molar-refractivity contribution is 7.19. The van der Waals surface area contributed by atoms with Crippen LogP contribution in [-0.2, 0) is 11.3 Å². The van der Waals surface area contributed by atoms with E-state index in [-0.39, 0.29) is 5.91 Å². The number of aliphatic hydroxyl groups excluding tert-OH is 1. The molecule has 2 N–H and O–H groups in total. The fourth-order valence-electron chi connectivity index (χ4n) is 3.63. The summed E-state index contributed by atoms with van der Waals surface area (Å²) in [6.45, 7) is 2.28. The molecule has 0 unspecified atom stereocenters. The number of nitrogens with zero attached hydrogens (tertiary/aromatic N) is 1. The van der Waals surface area contributed by atoms with E-state index in [0.29, 0.717) is 28.5 Å². The third-order valence-corrected chi connectivity index (χ3v) is 6.29. The molecule has 164 valence electrons. The molecule has 0 aliphatic heterocycles. The molecule has 32 heavy (non-hydrogen) atoms. The van der Waals surface area contributed by atoms with E-state index < -0.39 is 6.10 Å². The molecule has 7 heteroatoms. The van der Waals surface area contributed by atoms with Crippen molar-refractivity contribution in [1.29, 1.82) is 0 Å². The average molecular weight is 449 g/mol. The Morgan fingerprint density at radius 2 is 1.84 bits per heavy atom. The summed E-state index contributed by atoms with van der Waals surface area (Å²) >= 11 is 1.37. The van der Waals surface area contributed by atoms with Gasteiger partial charge in [0.2, 0.25) is 0 Å². The van der Waals surface area contributed by atoms with Crippen LogP contribution >= 0.6 is 11.3 Å². The molecule has 2 aromatic carbocycles. The fourth-order valence-corrected chi connectivity index (χ4v) is 4.87. The Kier molecular flexibility index (Phi) is 6.50. The minimum absolute atomic E-state index is 0.280. The van der Waals surface area contributed by atoms with E-state index in [1.54, 1.807) is 38.5 Å². The number of carbonyl (C=O) groups excluding carboxylic acids is 1. The first-order valence-corrected chi connectivity index (χ1v) is 10.9. The van der Waals surface area contributed by atoms with Crippen molar-refractivity contribution in [2.45, 2.75) is 19.6 Å². The molecule has 0 saturated heterocycles. The van der Waals surface area contributed by atoms with Crippen molar-refractivity contribution in [2.24, 2.45) is 0 Å². The first-order chi connectivity index (χ1) is 15.5. The van der Waals surface area contributed by atoms with Gasteiger partial charge in [0.05, 0.1) is 24.3 Å². The Hall–Kier alpha value is -3.26. The topological polar surface area (TPSA) is 80.7 Å². The Balaban J connectivity index is 1.84. The zero-order chi connectivity index (χ0) is 22.7. The standard InChI is InChI=1S/C25H24N2O4S/c1-15-13-18(14-30-2)20-21(27-24(29)17-9-11-19(31-3)12-10-17)23(32-25(20)26-15)22(28)16-7-5-4-6-8-16/h4-13,22,28H,14H2,1-3H3,(H,27,29)/t22-/m1/s1. The van der Waals surface area contributed by atoms with Crippen molar-refractivity contribution < 1.29 is 19.4 Å². The predicted octanol–water partition coefficient (Wildman–Crippen LogP) is 5.09. The van der Waals surface area contributed by atoms with E-state index >= 15 is 0 Å². The minimum atomic E-state index is -0.905. The monoisotopic (exact) mass is 448 g/mol. The van der Waals surface area contributed by atoms with Gasteiger partial charge in [-0.05, 0) is 48.4 Å². The number of fused-ring (bicyclic) bond motifs is 1. The summed E-state index contributed by atoms with van der Waals surface area (Å²) in [4.78, 5) is 19.2. The van der Waals surface area contributed by atoms with Gasteiger partial charge < -0.3 is 19.9 Å². The lowest BCUT2D eigenvalue weighted by Gasteiger charge is -2.14. The summed E-state index contributed by atoms with van der Waals surface area (Å²) in [6.07, 6.45) is -0.905. The van der Waals surface area contributed by atoms with Crippen molar-refractivity contribution in [3.05, 3.63) is 87.9 Å². The first kappa shape index (κ1) is 22.0. The number of thiophene rings is 1. The van der Waals surface area contributed by atoms with Crippen LogP contribution in [-0.4, -0.2) is 30.2 Å². The van der Waals surface area contributed by atoms with Crippen LogP contribution in [0, 0.1) is 6.92 Å². The number of hydrogen-bond acceptors (Lipinski definition) is 6. The van der Waals surface area contributed by atoms with Gasteiger partial charge >= 0.3 is 0 Å². The van der Waals surface area contributed by atoms with Gasteiger partial charge in [0, 0.05) is 23.8 Å². The second-order valence-corrected chi connectivity index (χ2v) is 8.40. The normalized spacial score (nSPS) is 12.0. The summed E-state index contributed by atoms with van der Waals surface area (Å²) in [7, 11) is 3.21. The van der Waals surface area contributed by atoms with Crippen LogP contribution in [0.15, 0.2) is 60.7 Å². The molecule has 6 nitrogen and oxygen atoms in total. The molecule has 0 saturated carbocycles. The molecule has 0 bridgehead atoms. The average Bonchev–Trinajstić information content (AvgIpc) is 3.17. The van der Waals surface area contributed by atoms with E-state index in [4.69, 9.17) is 9.47 Å². The van der Waals surface area contributed by atoms with Crippen molar-refractivity contribution in [1.82, 2.24) is 4.98 Å². The van der Waals surface area contributed by atoms with Crippen molar-refractivity contribution in [3.8, 4) is 5.75 Å². The molecule has 1 amide bonds. The third kappa shape index (κ3) is 4.36. The molecule has 0 radical (unpaired) electrons. The minimum Gasteiger partial charge on any atom is -0.497 e. The van der Waals surface area contributed by atoms with Crippen LogP contribution in [0.5, 0.6) is 5.75 Å². The van der Waals surface area contributed by atoms with E-state index in [2.05, 4.69) is 10.3 Å². The second kappa shape index (κ2) is 9.48. The number of ether oxygens (including phenoxy) is 2. The largest absolute Gasteiger partial charge is 0.497 e. The maximum absolute atomic E-state index is 13.1. The first-order valence-electron chi connectivity index (χ1n) is 10.1. The van der Waals surface area contributed by atoms with Gasteiger partial charge in [-0.1, -0.05) is 30.3 Å². The smallest absolute Gasteiger partial charge is 0.255 e. The van der Waals surface area contributed by atoms with E-state index in [1.807, 2.05) is 43.3 Å². The third-order valence-electron chi connectivity index (χ3n) is 5.15. The molecule has 2 heterocycles. The molecule has 0 aliphatic carbocycles. The number of hydrogen-bond donors (Lipinski definition) is 2. The Morgan fingerprint density at radius 1 is 1.12 bits per heavy atom. The van der Waals surface area contributed by atoms with Crippen LogP contribution in [0.3, 0.4) is 0 Å². The number of methoxy groups -OCH3 is 2. The van der Waals surface area contributed by atoms with E-state index in [1.165, 1.54) is 11.3 Å². The zero-order valence-corrected chi connectivity index (χ0v) is 18.9. The predicted molar refractivity (Wildman–Crippen MR) is 127 cm³/mol. The quantitative estimate of drug-likeness (QED) is 0.411. The lowest BCUT2D eigenvalue weighted by molar-refractivity contribution is 0.102. The Bertz CT molecular complexity index is 1240. The number of aryl methyl sites for hydroxylation is 1. The van der Waals surface area contributed by atoms with Gasteiger partial charge in [0.15, 0.2) is 0 Å². The number of aromatic nitrogens is 1. The fraction of sp³-hybridized carbons (Fsp3) is 0.200. The molecular weight excluding hydrogens is 424 g/mol. The molecule has 0 aliphatic rings. The van der Waals surface area contributed by atoms with E-state index in [9.17, 15) is 9.90 Å². The summed E-state index contributed by atoms with van der Waals surface area (Å²) in [5.41, 5.74) is 3.53. The van der Waals surface area contributed by atoms with Crippen molar-refractivity contribution >= 4 is 33.1 Å². The molecule has 0 fully saturated rings. The van der Waals surface area contributed by atoms with Crippen LogP contribution in [0.1, 0.15) is 38.2 Å². The highest BCUT2D eigenvalue weighted by atomic mass is 32.1. The van der Waals surface area contributed by atoms with Gasteiger partial charge in [-0.2, -0.15) is 0 Å². The highest BCUT2D eigenvalue weighted by Gasteiger charge is 2.25. The van der Waals surface area contributed by atoms with Crippen LogP contribution < -0.4 is 10.1 Å². The second-order valence-electron chi connectivity index (χ2n) is 7.37. The maximum atomic E-state index is 13.1. The van der Waals surface area contributed by atoms with Gasteiger partial charge in [-0.15, -0.1) is 11.3 Å². The molecule has 2 aromatic heterocycles. The molecule has 0 spiro atoms.